The largest absolute Gasteiger partial charge is 0.497 e. The van der Waals surface area contributed by atoms with E-state index in [1.165, 1.54) is 0 Å². The van der Waals surface area contributed by atoms with Crippen LogP contribution in [0.1, 0.15) is 5.56 Å². The molecule has 3 rings (SSSR count). The number of benzene rings is 2. The molecule has 3 aromatic rings. The first-order chi connectivity index (χ1) is 11.7. The summed E-state index contributed by atoms with van der Waals surface area (Å²) < 4.78 is 10.5. The Balaban J connectivity index is 1.66. The molecule has 24 heavy (non-hydrogen) atoms. The summed E-state index contributed by atoms with van der Waals surface area (Å²) in [7, 11) is 1.59. The van der Waals surface area contributed by atoms with Crippen LogP contribution in [0.2, 0.25) is 5.02 Å². The predicted molar refractivity (Wildman–Crippen MR) is 90.1 cm³/mol. The van der Waals surface area contributed by atoms with Gasteiger partial charge in [0.05, 0.1) is 24.1 Å². The van der Waals surface area contributed by atoms with Crippen LogP contribution >= 0.6 is 11.6 Å². The molecule has 0 fully saturated rings. The molecule has 0 unspecified atom stereocenters. The van der Waals surface area contributed by atoms with Gasteiger partial charge in [-0.25, -0.2) is 0 Å². The van der Waals surface area contributed by atoms with Crippen LogP contribution in [-0.4, -0.2) is 23.2 Å². The molecular weight excluding hydrogens is 330 g/mol. The van der Waals surface area contributed by atoms with Gasteiger partial charge in [0.25, 0.3) is 5.89 Å². The predicted octanol–water partition coefficient (Wildman–Crippen LogP) is 3.58. The lowest BCUT2D eigenvalue weighted by molar-refractivity contribution is -0.115. The SMILES string of the molecule is COc1ccc(CC(=O)Nc2nnc(-c3ccccc3Cl)o2)cc1. The van der Waals surface area contributed by atoms with Crippen LogP contribution in [-0.2, 0) is 11.2 Å². The van der Waals surface area contributed by atoms with Crippen molar-refractivity contribution < 1.29 is 13.9 Å². The molecule has 6 nitrogen and oxygen atoms in total. The maximum absolute atomic E-state index is 12.1. The summed E-state index contributed by atoms with van der Waals surface area (Å²) in [6.07, 6.45) is 0.188. The quantitative estimate of drug-likeness (QED) is 0.766. The number of carbonyl (C=O) groups is 1. The monoisotopic (exact) mass is 343 g/mol. The first kappa shape index (κ1) is 16.0. The van der Waals surface area contributed by atoms with Gasteiger partial charge in [0, 0.05) is 0 Å². The summed E-state index contributed by atoms with van der Waals surface area (Å²) in [5, 5.41) is 10.8. The van der Waals surface area contributed by atoms with Crippen LogP contribution in [0.3, 0.4) is 0 Å². The van der Waals surface area contributed by atoms with E-state index in [1.807, 2.05) is 18.2 Å². The van der Waals surface area contributed by atoms with E-state index in [1.54, 1.807) is 37.4 Å². The Kier molecular flexibility index (Phi) is 4.77. The van der Waals surface area contributed by atoms with Gasteiger partial charge in [-0.15, -0.1) is 5.10 Å². The minimum absolute atomic E-state index is 0.0310. The normalized spacial score (nSPS) is 10.4. The zero-order chi connectivity index (χ0) is 16.9. The Morgan fingerprint density at radius 3 is 2.62 bits per heavy atom. The lowest BCUT2D eigenvalue weighted by Gasteiger charge is -2.03. The number of nitrogens with one attached hydrogen (secondary N) is 1. The number of hydrogen-bond acceptors (Lipinski definition) is 5. The molecule has 0 aliphatic rings. The third-order valence-electron chi connectivity index (χ3n) is 3.30. The Morgan fingerprint density at radius 1 is 1.17 bits per heavy atom. The summed E-state index contributed by atoms with van der Waals surface area (Å²) in [5.74, 6) is 0.732. The minimum Gasteiger partial charge on any atom is -0.497 e. The maximum Gasteiger partial charge on any atom is 0.322 e. The van der Waals surface area contributed by atoms with Crippen molar-refractivity contribution in [3.05, 3.63) is 59.1 Å². The summed E-state index contributed by atoms with van der Waals surface area (Å²) in [4.78, 5) is 12.1. The molecule has 0 saturated heterocycles. The fraction of sp³-hybridized carbons (Fsp3) is 0.118. The molecule has 0 bridgehead atoms. The van der Waals surface area contributed by atoms with Crippen molar-refractivity contribution in [2.75, 3.05) is 12.4 Å². The molecule has 0 spiro atoms. The highest BCUT2D eigenvalue weighted by Gasteiger charge is 2.13. The third kappa shape index (κ3) is 3.72. The first-order valence-corrected chi connectivity index (χ1v) is 7.54. The number of ether oxygens (including phenoxy) is 1. The highest BCUT2D eigenvalue weighted by atomic mass is 35.5. The van der Waals surface area contributed by atoms with E-state index >= 15 is 0 Å². The Morgan fingerprint density at radius 2 is 1.92 bits per heavy atom. The van der Waals surface area contributed by atoms with Crippen molar-refractivity contribution in [1.29, 1.82) is 0 Å². The number of anilines is 1. The number of methoxy groups -OCH3 is 1. The molecule has 1 N–H and O–H groups in total. The minimum atomic E-state index is -0.255. The van der Waals surface area contributed by atoms with E-state index in [4.69, 9.17) is 20.8 Å². The van der Waals surface area contributed by atoms with Gasteiger partial charge in [-0.3, -0.25) is 10.1 Å². The average Bonchev–Trinajstić information content (AvgIpc) is 3.04. The number of halogens is 1. The Bertz CT molecular complexity index is 846. The van der Waals surface area contributed by atoms with Gasteiger partial charge in [0.15, 0.2) is 0 Å². The molecule has 1 aromatic heterocycles. The van der Waals surface area contributed by atoms with Crippen molar-refractivity contribution in [3.63, 3.8) is 0 Å². The first-order valence-electron chi connectivity index (χ1n) is 7.17. The summed E-state index contributed by atoms with van der Waals surface area (Å²) >= 11 is 6.08. The second-order valence-electron chi connectivity index (χ2n) is 4.97. The van der Waals surface area contributed by atoms with Crippen molar-refractivity contribution in [2.45, 2.75) is 6.42 Å². The molecular formula is C17H14ClN3O3. The van der Waals surface area contributed by atoms with Crippen molar-refractivity contribution in [1.82, 2.24) is 10.2 Å². The average molecular weight is 344 g/mol. The molecule has 122 valence electrons. The van der Waals surface area contributed by atoms with Crippen molar-refractivity contribution >= 4 is 23.5 Å². The second-order valence-corrected chi connectivity index (χ2v) is 5.37. The number of amides is 1. The van der Waals surface area contributed by atoms with Crippen LogP contribution in [0.25, 0.3) is 11.5 Å². The topological polar surface area (TPSA) is 77.2 Å². The number of carbonyl (C=O) groups excluding carboxylic acids is 1. The van der Waals surface area contributed by atoms with Crippen LogP contribution < -0.4 is 10.1 Å². The van der Waals surface area contributed by atoms with E-state index in [-0.39, 0.29) is 24.2 Å². The summed E-state index contributed by atoms with van der Waals surface area (Å²) in [6, 6.07) is 14.4. The van der Waals surface area contributed by atoms with Gasteiger partial charge in [0.1, 0.15) is 5.75 Å². The van der Waals surface area contributed by atoms with Gasteiger partial charge in [-0.1, -0.05) is 41.0 Å². The van der Waals surface area contributed by atoms with Gasteiger partial charge in [-0.2, -0.15) is 0 Å². The van der Waals surface area contributed by atoms with Crippen LogP contribution in [0, 0.1) is 0 Å². The van der Waals surface area contributed by atoms with Crippen LogP contribution in [0.5, 0.6) is 5.75 Å². The van der Waals surface area contributed by atoms with Gasteiger partial charge in [0.2, 0.25) is 5.91 Å². The molecule has 0 atom stereocenters. The molecule has 0 aliphatic heterocycles. The molecule has 0 radical (unpaired) electrons. The molecule has 1 amide bonds. The zero-order valence-electron chi connectivity index (χ0n) is 12.8. The Hall–Kier alpha value is -2.86. The van der Waals surface area contributed by atoms with Gasteiger partial charge >= 0.3 is 6.01 Å². The highest BCUT2D eigenvalue weighted by molar-refractivity contribution is 6.33. The van der Waals surface area contributed by atoms with Gasteiger partial charge in [-0.05, 0) is 29.8 Å². The molecule has 0 saturated carbocycles. The summed E-state index contributed by atoms with van der Waals surface area (Å²) in [6.45, 7) is 0. The second kappa shape index (κ2) is 7.14. The Labute approximate surface area is 143 Å². The highest BCUT2D eigenvalue weighted by Crippen LogP contribution is 2.27. The van der Waals surface area contributed by atoms with E-state index in [9.17, 15) is 4.79 Å². The molecule has 0 aliphatic carbocycles. The number of aromatic nitrogens is 2. The number of hydrogen-bond donors (Lipinski definition) is 1. The zero-order valence-corrected chi connectivity index (χ0v) is 13.6. The number of nitrogens with zero attached hydrogens (tertiary/aromatic N) is 2. The van der Waals surface area contributed by atoms with Crippen molar-refractivity contribution in [3.8, 4) is 17.2 Å². The molecule has 7 heteroatoms. The van der Waals surface area contributed by atoms with E-state index < -0.39 is 0 Å². The fourth-order valence-corrected chi connectivity index (χ4v) is 2.33. The lowest BCUT2D eigenvalue weighted by atomic mass is 10.1. The summed E-state index contributed by atoms with van der Waals surface area (Å²) in [5.41, 5.74) is 1.46. The van der Waals surface area contributed by atoms with Crippen LogP contribution in [0.15, 0.2) is 52.9 Å². The molecule has 1 heterocycles. The smallest absolute Gasteiger partial charge is 0.322 e. The third-order valence-corrected chi connectivity index (χ3v) is 3.63. The van der Waals surface area contributed by atoms with E-state index in [0.29, 0.717) is 10.6 Å². The van der Waals surface area contributed by atoms with Crippen LogP contribution in [0.4, 0.5) is 6.01 Å². The van der Waals surface area contributed by atoms with E-state index in [0.717, 1.165) is 11.3 Å². The number of rotatable bonds is 5. The molecule has 2 aromatic carbocycles. The van der Waals surface area contributed by atoms with Crippen molar-refractivity contribution in [2.24, 2.45) is 0 Å². The lowest BCUT2D eigenvalue weighted by Crippen LogP contribution is -2.14. The standard InChI is InChI=1S/C17H14ClN3O3/c1-23-12-8-6-11(7-9-12)10-15(22)19-17-21-20-16(24-17)13-4-2-3-5-14(13)18/h2-9H,10H2,1H3,(H,19,21,22). The maximum atomic E-state index is 12.1. The fourth-order valence-electron chi connectivity index (χ4n) is 2.11. The van der Waals surface area contributed by atoms with E-state index in [2.05, 4.69) is 15.5 Å². The van der Waals surface area contributed by atoms with Gasteiger partial charge < -0.3 is 9.15 Å².